The van der Waals surface area contributed by atoms with Gasteiger partial charge < -0.3 is 10.1 Å². The van der Waals surface area contributed by atoms with E-state index in [2.05, 4.69) is 33.3 Å². The first-order valence-corrected chi connectivity index (χ1v) is 7.54. The molecule has 0 radical (unpaired) electrons. The lowest BCUT2D eigenvalue weighted by molar-refractivity contribution is 0.0167. The summed E-state index contributed by atoms with van der Waals surface area (Å²) in [5.41, 5.74) is 2.34. The van der Waals surface area contributed by atoms with E-state index in [-0.39, 0.29) is 0 Å². The number of halogens is 1. The van der Waals surface area contributed by atoms with Gasteiger partial charge in [-0.15, -0.1) is 0 Å². The van der Waals surface area contributed by atoms with Gasteiger partial charge in [-0.25, -0.2) is 0 Å². The lowest BCUT2D eigenvalue weighted by Gasteiger charge is -2.22. The van der Waals surface area contributed by atoms with Crippen molar-refractivity contribution in [2.75, 3.05) is 13.2 Å². The van der Waals surface area contributed by atoms with Gasteiger partial charge in [0, 0.05) is 26.7 Å². The zero-order valence-electron chi connectivity index (χ0n) is 11.2. The third-order valence-electron chi connectivity index (χ3n) is 3.44. The van der Waals surface area contributed by atoms with E-state index in [4.69, 9.17) is 4.74 Å². The molecule has 1 aliphatic rings. The highest BCUT2D eigenvalue weighted by molar-refractivity contribution is 9.10. The van der Waals surface area contributed by atoms with E-state index in [1.165, 1.54) is 25.0 Å². The fourth-order valence-electron chi connectivity index (χ4n) is 2.33. The first-order valence-electron chi connectivity index (χ1n) is 6.75. The third kappa shape index (κ3) is 3.33. The van der Waals surface area contributed by atoms with Crippen LogP contribution in [0.5, 0.6) is 0 Å². The van der Waals surface area contributed by atoms with Gasteiger partial charge in [-0.2, -0.15) is 5.10 Å². The smallest absolute Gasteiger partial charge is 0.0767 e. The molecule has 2 rings (SSSR count). The van der Waals surface area contributed by atoms with Crippen LogP contribution in [0.4, 0.5) is 0 Å². The molecule has 0 spiro atoms. The highest BCUT2D eigenvalue weighted by Gasteiger charge is 2.15. The highest BCUT2D eigenvalue weighted by Crippen LogP contribution is 2.21. The van der Waals surface area contributed by atoms with E-state index < -0.39 is 0 Å². The monoisotopic (exact) mass is 315 g/mol. The molecular weight excluding hydrogens is 294 g/mol. The lowest BCUT2D eigenvalue weighted by atomic mass is 10.1. The lowest BCUT2D eigenvalue weighted by Crippen LogP contribution is -2.31. The van der Waals surface area contributed by atoms with E-state index in [0.717, 1.165) is 36.3 Å². The van der Waals surface area contributed by atoms with Crippen LogP contribution in [0.25, 0.3) is 0 Å². The SMILES string of the molecule is CCc1nn(C)c(CNCC2CCCCO2)c1Br. The quantitative estimate of drug-likeness (QED) is 0.907. The third-order valence-corrected chi connectivity index (χ3v) is 4.36. The van der Waals surface area contributed by atoms with Crippen molar-refractivity contribution >= 4 is 15.9 Å². The van der Waals surface area contributed by atoms with Gasteiger partial charge in [-0.1, -0.05) is 6.92 Å². The average Bonchev–Trinajstić information content (AvgIpc) is 2.67. The molecule has 0 aliphatic carbocycles. The van der Waals surface area contributed by atoms with Crippen LogP contribution in [0.1, 0.15) is 37.6 Å². The maximum atomic E-state index is 5.71. The number of ether oxygens (including phenoxy) is 1. The maximum Gasteiger partial charge on any atom is 0.0767 e. The van der Waals surface area contributed by atoms with Crippen molar-refractivity contribution in [3.8, 4) is 0 Å². The van der Waals surface area contributed by atoms with Crippen molar-refractivity contribution in [3.05, 3.63) is 15.9 Å². The Balaban J connectivity index is 1.84. The number of rotatable bonds is 5. The topological polar surface area (TPSA) is 39.1 Å². The molecule has 4 nitrogen and oxygen atoms in total. The van der Waals surface area contributed by atoms with Crippen molar-refractivity contribution < 1.29 is 4.74 Å². The van der Waals surface area contributed by atoms with Gasteiger partial charge >= 0.3 is 0 Å². The molecule has 0 aromatic carbocycles. The summed E-state index contributed by atoms with van der Waals surface area (Å²) in [6.45, 7) is 4.81. The summed E-state index contributed by atoms with van der Waals surface area (Å²) in [6.07, 6.45) is 5.03. The largest absolute Gasteiger partial charge is 0.377 e. The Bertz CT molecular complexity index is 386. The van der Waals surface area contributed by atoms with Crippen molar-refractivity contribution in [2.24, 2.45) is 7.05 Å². The molecule has 1 aromatic heterocycles. The summed E-state index contributed by atoms with van der Waals surface area (Å²) in [5, 5.41) is 7.97. The zero-order valence-corrected chi connectivity index (χ0v) is 12.8. The number of aromatic nitrogens is 2. The van der Waals surface area contributed by atoms with Gasteiger partial charge in [0.05, 0.1) is 22.0 Å². The summed E-state index contributed by atoms with van der Waals surface area (Å²) >= 11 is 3.63. The highest BCUT2D eigenvalue weighted by atomic mass is 79.9. The number of nitrogens with one attached hydrogen (secondary N) is 1. The Morgan fingerprint density at radius 2 is 2.33 bits per heavy atom. The van der Waals surface area contributed by atoms with E-state index >= 15 is 0 Å². The summed E-state index contributed by atoms with van der Waals surface area (Å²) in [4.78, 5) is 0. The number of hydrogen-bond donors (Lipinski definition) is 1. The molecule has 5 heteroatoms. The van der Waals surface area contributed by atoms with E-state index in [1.807, 2.05) is 11.7 Å². The van der Waals surface area contributed by atoms with Crippen molar-refractivity contribution in [1.29, 1.82) is 0 Å². The van der Waals surface area contributed by atoms with Gasteiger partial charge in [0.1, 0.15) is 0 Å². The van der Waals surface area contributed by atoms with Gasteiger partial charge in [0.15, 0.2) is 0 Å². The van der Waals surface area contributed by atoms with Gasteiger partial charge in [-0.3, -0.25) is 4.68 Å². The molecule has 18 heavy (non-hydrogen) atoms. The Morgan fingerprint density at radius 1 is 1.50 bits per heavy atom. The molecule has 102 valence electrons. The predicted molar refractivity (Wildman–Crippen MR) is 75.6 cm³/mol. The van der Waals surface area contributed by atoms with Crippen LogP contribution >= 0.6 is 15.9 Å². The number of nitrogens with zero attached hydrogens (tertiary/aromatic N) is 2. The average molecular weight is 316 g/mol. The molecule has 1 aliphatic heterocycles. The second-order valence-electron chi connectivity index (χ2n) is 4.80. The van der Waals surface area contributed by atoms with Crippen molar-refractivity contribution in [1.82, 2.24) is 15.1 Å². The fourth-order valence-corrected chi connectivity index (χ4v) is 3.09. The summed E-state index contributed by atoms with van der Waals surface area (Å²) < 4.78 is 8.81. The number of hydrogen-bond acceptors (Lipinski definition) is 3. The number of aryl methyl sites for hydroxylation is 2. The minimum absolute atomic E-state index is 0.386. The zero-order chi connectivity index (χ0) is 13.0. The Hall–Kier alpha value is -0.390. The summed E-state index contributed by atoms with van der Waals surface area (Å²) in [6, 6.07) is 0. The molecule has 1 unspecified atom stereocenters. The van der Waals surface area contributed by atoms with Gasteiger partial charge in [0.2, 0.25) is 0 Å². The molecule has 1 saturated heterocycles. The van der Waals surface area contributed by atoms with Gasteiger partial charge in [-0.05, 0) is 41.6 Å². The Labute approximate surface area is 117 Å². The minimum Gasteiger partial charge on any atom is -0.377 e. The molecule has 2 heterocycles. The predicted octanol–water partition coefficient (Wildman–Crippen LogP) is 2.40. The normalized spacial score (nSPS) is 20.3. The Kier molecular flexibility index (Phi) is 5.21. The molecule has 1 aromatic rings. The minimum atomic E-state index is 0.386. The molecule has 1 atom stereocenters. The van der Waals surface area contributed by atoms with Crippen LogP contribution in [0.15, 0.2) is 4.47 Å². The van der Waals surface area contributed by atoms with Crippen LogP contribution in [0.2, 0.25) is 0 Å². The van der Waals surface area contributed by atoms with Crippen LogP contribution in [-0.4, -0.2) is 29.0 Å². The maximum absolute atomic E-state index is 5.71. The van der Waals surface area contributed by atoms with E-state index in [0.29, 0.717) is 6.10 Å². The summed E-state index contributed by atoms with van der Waals surface area (Å²) in [7, 11) is 2.00. The first kappa shape index (κ1) is 14.0. The molecule has 0 amide bonds. The van der Waals surface area contributed by atoms with Crippen molar-refractivity contribution in [3.63, 3.8) is 0 Å². The van der Waals surface area contributed by atoms with Crippen LogP contribution in [0, 0.1) is 0 Å². The van der Waals surface area contributed by atoms with Crippen molar-refractivity contribution in [2.45, 2.75) is 45.3 Å². The summed E-state index contributed by atoms with van der Waals surface area (Å²) in [5.74, 6) is 0. The van der Waals surface area contributed by atoms with Crippen LogP contribution in [-0.2, 0) is 24.8 Å². The second-order valence-corrected chi connectivity index (χ2v) is 5.60. The van der Waals surface area contributed by atoms with E-state index in [9.17, 15) is 0 Å². The molecule has 1 fully saturated rings. The van der Waals surface area contributed by atoms with E-state index in [1.54, 1.807) is 0 Å². The van der Waals surface area contributed by atoms with Gasteiger partial charge in [0.25, 0.3) is 0 Å². The Morgan fingerprint density at radius 3 is 2.94 bits per heavy atom. The van der Waals surface area contributed by atoms with Crippen LogP contribution < -0.4 is 5.32 Å². The molecule has 1 N–H and O–H groups in total. The standard InChI is InChI=1S/C13H22BrN3O/c1-3-11-13(14)12(17(2)16-11)9-15-8-10-6-4-5-7-18-10/h10,15H,3-9H2,1-2H3. The molecule has 0 saturated carbocycles. The fraction of sp³-hybridized carbons (Fsp3) is 0.769. The molecule has 0 bridgehead atoms. The molecular formula is C13H22BrN3O. The second kappa shape index (κ2) is 6.68. The van der Waals surface area contributed by atoms with Crippen LogP contribution in [0.3, 0.4) is 0 Å². The first-order chi connectivity index (χ1) is 8.72.